The number of carbonyl (C=O) groups is 2. The third-order valence-electron chi connectivity index (χ3n) is 4.04. The van der Waals surface area contributed by atoms with Gasteiger partial charge in [-0.25, -0.2) is 4.79 Å². The van der Waals surface area contributed by atoms with E-state index in [9.17, 15) is 9.59 Å². The predicted molar refractivity (Wildman–Crippen MR) is 86.9 cm³/mol. The number of para-hydroxylation sites is 1. The lowest BCUT2D eigenvalue weighted by atomic mass is 10.2. The summed E-state index contributed by atoms with van der Waals surface area (Å²) in [6.07, 6.45) is 0.993. The summed E-state index contributed by atoms with van der Waals surface area (Å²) in [5.41, 5.74) is 1.21. The monoisotopic (exact) mass is 304 g/mol. The third-order valence-corrected chi connectivity index (χ3v) is 4.04. The molecule has 6 heteroatoms. The van der Waals surface area contributed by atoms with Crippen molar-refractivity contribution in [2.75, 3.05) is 38.1 Å². The minimum atomic E-state index is -0.461. The van der Waals surface area contributed by atoms with Gasteiger partial charge in [-0.15, -0.1) is 0 Å². The Kier molecular flexibility index (Phi) is 5.77. The Morgan fingerprint density at radius 3 is 2.50 bits per heavy atom. The first-order valence-corrected chi connectivity index (χ1v) is 7.68. The number of nitrogens with one attached hydrogen (secondary N) is 2. The molecular weight excluding hydrogens is 280 g/mol. The topological polar surface area (TPSA) is 64.7 Å². The summed E-state index contributed by atoms with van der Waals surface area (Å²) < 4.78 is 0. The number of anilines is 1. The number of hydrogen-bond acceptors (Lipinski definition) is 4. The molecule has 0 spiro atoms. The number of urea groups is 1. The van der Waals surface area contributed by atoms with Gasteiger partial charge in [-0.05, 0) is 25.5 Å². The predicted octanol–water partition coefficient (Wildman–Crippen LogP) is 1.04. The fourth-order valence-electron chi connectivity index (χ4n) is 2.67. The van der Waals surface area contributed by atoms with Gasteiger partial charge >= 0.3 is 6.03 Å². The molecule has 120 valence electrons. The van der Waals surface area contributed by atoms with E-state index in [1.165, 1.54) is 12.7 Å². The zero-order valence-corrected chi connectivity index (χ0v) is 13.2. The first-order valence-electron chi connectivity index (χ1n) is 7.68. The van der Waals surface area contributed by atoms with Gasteiger partial charge in [0.15, 0.2) is 0 Å². The van der Waals surface area contributed by atoms with Crippen LogP contribution in [0.1, 0.15) is 13.3 Å². The Balaban J connectivity index is 1.92. The van der Waals surface area contributed by atoms with Gasteiger partial charge in [0.1, 0.15) is 0 Å². The maximum atomic E-state index is 12.0. The van der Waals surface area contributed by atoms with Crippen molar-refractivity contribution >= 4 is 17.6 Å². The molecule has 1 saturated heterocycles. The Hall–Kier alpha value is -2.08. The van der Waals surface area contributed by atoms with Crippen LogP contribution in [0.5, 0.6) is 0 Å². The van der Waals surface area contributed by atoms with E-state index in [0.717, 1.165) is 32.6 Å². The van der Waals surface area contributed by atoms with Crippen LogP contribution in [-0.4, -0.2) is 56.1 Å². The Bertz CT molecular complexity index is 506. The van der Waals surface area contributed by atoms with Crippen LogP contribution in [0.2, 0.25) is 0 Å². The summed E-state index contributed by atoms with van der Waals surface area (Å²) in [7, 11) is 1.50. The molecule has 1 aliphatic heterocycles. The van der Waals surface area contributed by atoms with Gasteiger partial charge in [0.25, 0.3) is 0 Å². The van der Waals surface area contributed by atoms with Gasteiger partial charge in [-0.3, -0.25) is 15.0 Å². The van der Waals surface area contributed by atoms with E-state index in [4.69, 9.17) is 0 Å². The lowest BCUT2D eigenvalue weighted by Crippen LogP contribution is -2.49. The number of rotatable bonds is 3. The molecule has 1 fully saturated rings. The molecule has 1 aromatic rings. The van der Waals surface area contributed by atoms with E-state index >= 15 is 0 Å². The van der Waals surface area contributed by atoms with Crippen LogP contribution < -0.4 is 15.5 Å². The molecule has 22 heavy (non-hydrogen) atoms. The van der Waals surface area contributed by atoms with Crippen molar-refractivity contribution in [2.45, 2.75) is 19.4 Å². The van der Waals surface area contributed by atoms with Crippen LogP contribution in [0.15, 0.2) is 30.3 Å². The zero-order chi connectivity index (χ0) is 15.9. The lowest BCUT2D eigenvalue weighted by molar-refractivity contribution is -0.124. The first kappa shape index (κ1) is 16.3. The Labute approximate surface area is 131 Å². The van der Waals surface area contributed by atoms with Crippen LogP contribution in [0.4, 0.5) is 10.5 Å². The zero-order valence-electron chi connectivity index (χ0n) is 13.2. The van der Waals surface area contributed by atoms with Gasteiger partial charge in [0.05, 0.1) is 6.04 Å². The van der Waals surface area contributed by atoms with E-state index in [1.54, 1.807) is 0 Å². The molecule has 0 unspecified atom stereocenters. The second kappa shape index (κ2) is 7.79. The average molecular weight is 304 g/mol. The van der Waals surface area contributed by atoms with Crippen LogP contribution >= 0.6 is 0 Å². The molecule has 1 aromatic carbocycles. The molecule has 2 N–H and O–H groups in total. The number of carbonyl (C=O) groups excluding carboxylic acids is 2. The minimum absolute atomic E-state index is 0.257. The Morgan fingerprint density at radius 2 is 1.82 bits per heavy atom. The maximum Gasteiger partial charge on any atom is 0.321 e. The van der Waals surface area contributed by atoms with Crippen LogP contribution in [0, 0.1) is 0 Å². The van der Waals surface area contributed by atoms with Gasteiger partial charge in [0, 0.05) is 38.9 Å². The van der Waals surface area contributed by atoms with Crippen molar-refractivity contribution < 1.29 is 9.59 Å². The highest BCUT2D eigenvalue weighted by molar-refractivity contribution is 5.96. The molecule has 1 aliphatic rings. The molecule has 0 bridgehead atoms. The number of imide groups is 1. The standard InChI is InChI=1S/C16H24N4O2/c1-13(15(21)18-16(22)17-2)19-9-6-10-20(12-11-19)14-7-4-3-5-8-14/h3-5,7-8,13H,6,9-12H2,1-2H3,(H2,17,18,21,22)/t13-/m1/s1. The normalized spacial score (nSPS) is 17.5. The molecule has 1 atom stereocenters. The summed E-state index contributed by atoms with van der Waals surface area (Å²) in [6, 6.07) is 9.54. The molecule has 2 rings (SSSR count). The fraction of sp³-hybridized carbons (Fsp3) is 0.500. The highest BCUT2D eigenvalue weighted by Gasteiger charge is 2.24. The summed E-state index contributed by atoms with van der Waals surface area (Å²) in [6.45, 7) is 5.35. The SMILES string of the molecule is CNC(=O)NC(=O)[C@@H](C)N1CCCN(c2ccccc2)CC1. The van der Waals surface area contributed by atoms with E-state index in [-0.39, 0.29) is 11.9 Å². The minimum Gasteiger partial charge on any atom is -0.370 e. The summed E-state index contributed by atoms with van der Waals surface area (Å²) in [5, 5.41) is 4.74. The third kappa shape index (κ3) is 4.21. The number of benzene rings is 1. The number of nitrogens with zero attached hydrogens (tertiary/aromatic N) is 2. The Morgan fingerprint density at radius 1 is 1.09 bits per heavy atom. The van der Waals surface area contributed by atoms with Crippen molar-refractivity contribution in [2.24, 2.45) is 0 Å². The molecule has 3 amide bonds. The molecular formula is C16H24N4O2. The van der Waals surface area contributed by atoms with E-state index in [2.05, 4.69) is 32.6 Å². The molecule has 1 heterocycles. The summed E-state index contributed by atoms with van der Waals surface area (Å²) >= 11 is 0. The van der Waals surface area contributed by atoms with Gasteiger partial charge in [-0.1, -0.05) is 18.2 Å². The van der Waals surface area contributed by atoms with Crippen molar-refractivity contribution in [1.82, 2.24) is 15.5 Å². The highest BCUT2D eigenvalue weighted by Crippen LogP contribution is 2.16. The molecule has 0 saturated carbocycles. The fourth-order valence-corrected chi connectivity index (χ4v) is 2.67. The van der Waals surface area contributed by atoms with E-state index in [1.807, 2.05) is 25.1 Å². The lowest BCUT2D eigenvalue weighted by Gasteiger charge is -2.27. The van der Waals surface area contributed by atoms with Crippen molar-refractivity contribution in [3.8, 4) is 0 Å². The van der Waals surface area contributed by atoms with Crippen molar-refractivity contribution in [3.05, 3.63) is 30.3 Å². The maximum absolute atomic E-state index is 12.0. The van der Waals surface area contributed by atoms with Gasteiger partial charge in [-0.2, -0.15) is 0 Å². The van der Waals surface area contributed by atoms with E-state index in [0.29, 0.717) is 0 Å². The number of hydrogen-bond donors (Lipinski definition) is 2. The summed E-state index contributed by atoms with van der Waals surface area (Å²) in [4.78, 5) is 27.8. The van der Waals surface area contributed by atoms with Crippen LogP contribution in [0.25, 0.3) is 0 Å². The smallest absolute Gasteiger partial charge is 0.321 e. The average Bonchev–Trinajstić information content (AvgIpc) is 2.80. The number of amides is 3. The summed E-state index contributed by atoms with van der Waals surface area (Å²) in [5.74, 6) is -0.257. The first-order chi connectivity index (χ1) is 10.6. The quantitative estimate of drug-likeness (QED) is 0.876. The van der Waals surface area contributed by atoms with Gasteiger partial charge in [0.2, 0.25) is 5.91 Å². The van der Waals surface area contributed by atoms with Crippen LogP contribution in [-0.2, 0) is 4.79 Å². The second-order valence-corrected chi connectivity index (χ2v) is 5.46. The molecule has 0 aliphatic carbocycles. The highest BCUT2D eigenvalue weighted by atomic mass is 16.2. The molecule has 0 aromatic heterocycles. The molecule has 6 nitrogen and oxygen atoms in total. The second-order valence-electron chi connectivity index (χ2n) is 5.46. The van der Waals surface area contributed by atoms with Crippen molar-refractivity contribution in [1.29, 1.82) is 0 Å². The van der Waals surface area contributed by atoms with E-state index < -0.39 is 6.03 Å². The van der Waals surface area contributed by atoms with Gasteiger partial charge < -0.3 is 10.2 Å². The molecule has 0 radical (unpaired) electrons. The largest absolute Gasteiger partial charge is 0.370 e. The van der Waals surface area contributed by atoms with Crippen LogP contribution in [0.3, 0.4) is 0 Å². The van der Waals surface area contributed by atoms with Crippen molar-refractivity contribution in [3.63, 3.8) is 0 Å².